The monoisotopic (exact) mass is 186 g/mol. The van der Waals surface area contributed by atoms with Gasteiger partial charge in [-0.05, 0) is 20.3 Å². The molecule has 0 fully saturated rings. The molecule has 0 aliphatic carbocycles. The lowest BCUT2D eigenvalue weighted by molar-refractivity contribution is -0.125. The van der Waals surface area contributed by atoms with Crippen LogP contribution in [0.2, 0.25) is 0 Å². The zero-order valence-corrected chi connectivity index (χ0v) is 8.76. The van der Waals surface area contributed by atoms with Crippen LogP contribution in [0.5, 0.6) is 0 Å². The molecule has 0 aromatic rings. The van der Waals surface area contributed by atoms with Crippen molar-refractivity contribution in [3.05, 3.63) is 0 Å². The number of ether oxygens (including phenoxy) is 1. The van der Waals surface area contributed by atoms with Crippen LogP contribution >= 0.6 is 0 Å². The van der Waals surface area contributed by atoms with Crippen molar-refractivity contribution in [1.82, 2.24) is 4.90 Å². The van der Waals surface area contributed by atoms with Crippen molar-refractivity contribution in [3.8, 4) is 0 Å². The molecule has 0 aliphatic rings. The molecule has 0 heterocycles. The number of nitrogens with zero attached hydrogens (tertiary/aromatic N) is 1. The number of rotatable bonds is 4. The molecule has 1 N–H and O–H groups in total. The predicted octanol–water partition coefficient (Wildman–Crippen LogP) is 1.26. The summed E-state index contributed by atoms with van der Waals surface area (Å²) in [6.07, 6.45) is 0.882. The fourth-order valence-corrected chi connectivity index (χ4v) is 0.990. The van der Waals surface area contributed by atoms with Crippen molar-refractivity contribution in [1.29, 1.82) is 5.41 Å². The molecule has 0 aliphatic heterocycles. The highest BCUT2D eigenvalue weighted by atomic mass is 16.5. The first-order valence-corrected chi connectivity index (χ1v) is 4.35. The minimum absolute atomic E-state index is 0.0872. The Kier molecular flexibility index (Phi) is 5.30. The van der Waals surface area contributed by atoms with Crippen LogP contribution in [-0.2, 0) is 9.53 Å². The van der Waals surface area contributed by atoms with E-state index in [9.17, 15) is 4.79 Å². The number of hydrogen-bond acceptors (Lipinski definition) is 3. The molecule has 0 aromatic carbocycles. The normalized spacial score (nSPS) is 12.3. The van der Waals surface area contributed by atoms with Gasteiger partial charge in [0.05, 0.1) is 11.9 Å². The number of carbonyl (C=O) groups is 1. The van der Waals surface area contributed by atoms with Gasteiger partial charge >= 0.3 is 0 Å². The van der Waals surface area contributed by atoms with Crippen molar-refractivity contribution >= 4 is 11.7 Å². The van der Waals surface area contributed by atoms with E-state index in [2.05, 4.69) is 0 Å². The van der Waals surface area contributed by atoms with Crippen LogP contribution in [0.3, 0.4) is 0 Å². The van der Waals surface area contributed by atoms with E-state index in [1.807, 2.05) is 6.92 Å². The van der Waals surface area contributed by atoms with Gasteiger partial charge in [0, 0.05) is 20.6 Å². The van der Waals surface area contributed by atoms with Crippen molar-refractivity contribution in [2.24, 2.45) is 0 Å². The highest BCUT2D eigenvalue weighted by Crippen LogP contribution is 2.00. The molecule has 4 nitrogen and oxygen atoms in total. The van der Waals surface area contributed by atoms with Gasteiger partial charge in [-0.2, -0.15) is 0 Å². The summed E-state index contributed by atoms with van der Waals surface area (Å²) in [5.74, 6) is 0.201. The minimum Gasteiger partial charge on any atom is -0.382 e. The summed E-state index contributed by atoms with van der Waals surface area (Å²) in [6.45, 7) is 5.58. The van der Waals surface area contributed by atoms with Gasteiger partial charge in [0.2, 0.25) is 5.91 Å². The molecule has 13 heavy (non-hydrogen) atoms. The van der Waals surface area contributed by atoms with Gasteiger partial charge in [-0.1, -0.05) is 0 Å². The van der Waals surface area contributed by atoms with Gasteiger partial charge < -0.3 is 9.64 Å². The maximum absolute atomic E-state index is 11.0. The molecule has 1 atom stereocenters. The second kappa shape index (κ2) is 5.70. The van der Waals surface area contributed by atoms with Gasteiger partial charge in [-0.3, -0.25) is 10.2 Å². The Morgan fingerprint density at radius 3 is 2.38 bits per heavy atom. The van der Waals surface area contributed by atoms with E-state index in [4.69, 9.17) is 10.1 Å². The maximum Gasteiger partial charge on any atom is 0.224 e. The van der Waals surface area contributed by atoms with Crippen molar-refractivity contribution in [2.75, 3.05) is 13.7 Å². The van der Waals surface area contributed by atoms with E-state index >= 15 is 0 Å². The third kappa shape index (κ3) is 4.62. The number of carbonyl (C=O) groups excluding carboxylic acids is 1. The molecule has 1 unspecified atom stereocenters. The molecule has 0 saturated heterocycles. The number of amidine groups is 1. The van der Waals surface area contributed by atoms with Crippen LogP contribution in [0.25, 0.3) is 0 Å². The highest BCUT2D eigenvalue weighted by molar-refractivity contribution is 5.94. The average Bonchev–Trinajstić information content (AvgIpc) is 2.03. The summed E-state index contributed by atoms with van der Waals surface area (Å²) in [7, 11) is 1.64. The van der Waals surface area contributed by atoms with Crippen molar-refractivity contribution < 1.29 is 9.53 Å². The van der Waals surface area contributed by atoms with Crippen LogP contribution in [0.1, 0.15) is 27.2 Å². The molecular formula is C9H18N2O2. The Hall–Kier alpha value is -0.900. The summed E-state index contributed by atoms with van der Waals surface area (Å²) < 4.78 is 5.05. The average molecular weight is 186 g/mol. The lowest BCUT2D eigenvalue weighted by Crippen LogP contribution is -2.35. The lowest BCUT2D eigenvalue weighted by atomic mass is 10.2. The first kappa shape index (κ1) is 12.1. The van der Waals surface area contributed by atoms with E-state index < -0.39 is 0 Å². The Labute approximate surface area is 79.4 Å². The molecule has 0 radical (unpaired) electrons. The van der Waals surface area contributed by atoms with Crippen LogP contribution in [0.15, 0.2) is 0 Å². The van der Waals surface area contributed by atoms with Crippen LogP contribution in [0.4, 0.5) is 0 Å². The Balaban J connectivity index is 3.98. The molecule has 0 rings (SSSR count). The second-order valence-corrected chi connectivity index (χ2v) is 3.09. The Bertz CT molecular complexity index is 178. The molecule has 0 spiro atoms. The third-order valence-electron chi connectivity index (χ3n) is 1.95. The zero-order valence-electron chi connectivity index (χ0n) is 8.76. The Morgan fingerprint density at radius 2 is 2.08 bits per heavy atom. The summed E-state index contributed by atoms with van der Waals surface area (Å²) in [6, 6.07) is 0. The number of methoxy groups -OCH3 is 1. The van der Waals surface area contributed by atoms with E-state index in [0.717, 1.165) is 6.42 Å². The van der Waals surface area contributed by atoms with E-state index in [1.165, 1.54) is 11.8 Å². The molecule has 1 amide bonds. The van der Waals surface area contributed by atoms with Crippen molar-refractivity contribution in [2.45, 2.75) is 33.3 Å². The quantitative estimate of drug-likeness (QED) is 0.530. The first-order chi connectivity index (χ1) is 5.99. The number of amides is 1. The fraction of sp³-hybridized carbons (Fsp3) is 0.778. The Morgan fingerprint density at radius 1 is 1.54 bits per heavy atom. The van der Waals surface area contributed by atoms with Crippen molar-refractivity contribution in [3.63, 3.8) is 0 Å². The minimum atomic E-state index is -0.0872. The molecule has 0 saturated carbocycles. The van der Waals surface area contributed by atoms with Crippen LogP contribution < -0.4 is 0 Å². The van der Waals surface area contributed by atoms with E-state index in [1.54, 1.807) is 14.0 Å². The summed E-state index contributed by atoms with van der Waals surface area (Å²) in [5.41, 5.74) is 0. The number of hydrogen-bond donors (Lipinski definition) is 1. The molecule has 0 bridgehead atoms. The zero-order chi connectivity index (χ0) is 10.4. The fourth-order valence-electron chi connectivity index (χ4n) is 0.990. The van der Waals surface area contributed by atoms with Gasteiger partial charge in [-0.25, -0.2) is 0 Å². The van der Waals surface area contributed by atoms with Crippen LogP contribution in [0, 0.1) is 5.41 Å². The predicted molar refractivity (Wildman–Crippen MR) is 51.9 cm³/mol. The second-order valence-electron chi connectivity index (χ2n) is 3.09. The van der Waals surface area contributed by atoms with Gasteiger partial charge in [0.25, 0.3) is 0 Å². The smallest absolute Gasteiger partial charge is 0.224 e. The number of nitrogens with one attached hydrogen (secondary N) is 1. The topological polar surface area (TPSA) is 53.4 Å². The van der Waals surface area contributed by atoms with Gasteiger partial charge in [0.15, 0.2) is 0 Å². The molecular weight excluding hydrogens is 168 g/mol. The van der Waals surface area contributed by atoms with E-state index in [0.29, 0.717) is 6.54 Å². The summed E-state index contributed by atoms with van der Waals surface area (Å²) >= 11 is 0. The standard InChI is InChI=1S/C9H18N2O2/c1-7(13-4)5-6-11(8(2)10)9(3)12/h7,10H,5-6H2,1-4H3. The van der Waals surface area contributed by atoms with Gasteiger partial charge in [-0.15, -0.1) is 0 Å². The lowest BCUT2D eigenvalue weighted by Gasteiger charge is -2.20. The van der Waals surface area contributed by atoms with Crippen LogP contribution in [-0.4, -0.2) is 36.4 Å². The molecule has 76 valence electrons. The highest BCUT2D eigenvalue weighted by Gasteiger charge is 2.11. The first-order valence-electron chi connectivity index (χ1n) is 4.35. The maximum atomic E-state index is 11.0. The van der Waals surface area contributed by atoms with Gasteiger partial charge in [0.1, 0.15) is 0 Å². The summed E-state index contributed by atoms with van der Waals surface area (Å²) in [5, 5.41) is 7.35. The SMILES string of the molecule is COC(C)CCN(C(C)=N)C(C)=O. The largest absolute Gasteiger partial charge is 0.382 e. The molecule has 0 aromatic heterocycles. The molecule has 4 heteroatoms. The summed E-state index contributed by atoms with van der Waals surface area (Å²) in [4.78, 5) is 12.5. The third-order valence-corrected chi connectivity index (χ3v) is 1.95. The van der Waals surface area contributed by atoms with E-state index in [-0.39, 0.29) is 17.8 Å².